The number of benzene rings is 1. The Morgan fingerprint density at radius 3 is 2.13 bits per heavy atom. The fourth-order valence-corrected chi connectivity index (χ4v) is 1.35. The highest BCUT2D eigenvalue weighted by Crippen LogP contribution is 2.30. The van der Waals surface area contributed by atoms with Crippen LogP contribution in [0, 0.1) is 21.0 Å². The van der Waals surface area contributed by atoms with Crippen molar-refractivity contribution in [3.05, 3.63) is 27.1 Å². The van der Waals surface area contributed by atoms with Crippen molar-refractivity contribution in [3.8, 4) is 5.75 Å². The molecule has 0 heterocycles. The minimum atomic E-state index is -1.03. The van der Waals surface area contributed by atoms with E-state index in [1.807, 2.05) is 0 Å². The molecule has 15 heavy (non-hydrogen) atoms. The summed E-state index contributed by atoms with van der Waals surface area (Å²) < 4.78 is 44.4. The van der Waals surface area contributed by atoms with Crippen molar-refractivity contribution < 1.29 is 17.9 Å². The van der Waals surface area contributed by atoms with Gasteiger partial charge in [0.1, 0.15) is 11.4 Å². The second-order valence-corrected chi connectivity index (χ2v) is 5.09. The van der Waals surface area contributed by atoms with Gasteiger partial charge in [0, 0.05) is 6.07 Å². The average molecular weight is 330 g/mol. The Kier molecular flexibility index (Phi) is 3.52. The van der Waals surface area contributed by atoms with Crippen molar-refractivity contribution in [2.75, 3.05) is 0 Å². The second kappa shape index (κ2) is 4.19. The Labute approximate surface area is 99.8 Å². The second-order valence-electron chi connectivity index (χ2n) is 4.01. The van der Waals surface area contributed by atoms with Gasteiger partial charge in [-0.15, -0.1) is 0 Å². The van der Waals surface area contributed by atoms with E-state index in [1.165, 1.54) is 22.6 Å². The first-order valence-electron chi connectivity index (χ1n) is 4.24. The van der Waals surface area contributed by atoms with E-state index in [2.05, 4.69) is 0 Å². The summed E-state index contributed by atoms with van der Waals surface area (Å²) in [5.41, 5.74) is -0.734. The first-order chi connectivity index (χ1) is 6.72. The standard InChI is InChI=1S/C10H10F3IO/c1-10(2,3)15-9-6(12)4-5(11)8(14)7(9)13/h4H,1-3H3. The Bertz CT molecular complexity index is 385. The van der Waals surface area contributed by atoms with Gasteiger partial charge in [-0.05, 0) is 43.4 Å². The van der Waals surface area contributed by atoms with Gasteiger partial charge in [0.25, 0.3) is 0 Å². The van der Waals surface area contributed by atoms with Crippen LogP contribution in [0.4, 0.5) is 13.2 Å². The lowest BCUT2D eigenvalue weighted by Gasteiger charge is -2.22. The van der Waals surface area contributed by atoms with Gasteiger partial charge in [-0.3, -0.25) is 0 Å². The molecule has 84 valence electrons. The summed E-state index contributed by atoms with van der Waals surface area (Å²) in [6, 6.07) is 0.617. The third-order valence-electron chi connectivity index (χ3n) is 1.48. The molecule has 0 unspecified atom stereocenters. The topological polar surface area (TPSA) is 9.23 Å². The first kappa shape index (κ1) is 12.6. The van der Waals surface area contributed by atoms with E-state index in [-0.39, 0.29) is 3.57 Å². The lowest BCUT2D eigenvalue weighted by molar-refractivity contribution is 0.116. The maximum absolute atomic E-state index is 13.4. The van der Waals surface area contributed by atoms with Crippen LogP contribution < -0.4 is 4.74 Å². The Morgan fingerprint density at radius 1 is 1.13 bits per heavy atom. The molecule has 1 nitrogen and oxygen atoms in total. The minimum absolute atomic E-state index is 0.270. The fourth-order valence-electron chi connectivity index (χ4n) is 0.949. The number of hydrogen-bond acceptors (Lipinski definition) is 1. The summed E-state index contributed by atoms with van der Waals surface area (Å²) in [4.78, 5) is 0. The molecular weight excluding hydrogens is 320 g/mol. The van der Waals surface area contributed by atoms with Gasteiger partial charge >= 0.3 is 0 Å². The molecule has 0 aliphatic heterocycles. The lowest BCUT2D eigenvalue weighted by atomic mass is 10.2. The molecule has 0 saturated heterocycles. The van der Waals surface area contributed by atoms with Crippen molar-refractivity contribution in [3.63, 3.8) is 0 Å². The highest BCUT2D eigenvalue weighted by atomic mass is 127. The van der Waals surface area contributed by atoms with Crippen LogP contribution in [-0.2, 0) is 0 Å². The average Bonchev–Trinajstić information content (AvgIpc) is 2.07. The molecule has 1 aromatic rings. The minimum Gasteiger partial charge on any atom is -0.482 e. The molecule has 0 saturated carbocycles. The van der Waals surface area contributed by atoms with E-state index >= 15 is 0 Å². The van der Waals surface area contributed by atoms with Crippen molar-refractivity contribution in [1.82, 2.24) is 0 Å². The summed E-state index contributed by atoms with van der Waals surface area (Å²) in [7, 11) is 0. The molecule has 0 bridgehead atoms. The fraction of sp³-hybridized carbons (Fsp3) is 0.400. The van der Waals surface area contributed by atoms with Crippen molar-refractivity contribution >= 4 is 22.6 Å². The van der Waals surface area contributed by atoms with Crippen molar-refractivity contribution in [2.45, 2.75) is 26.4 Å². The predicted molar refractivity (Wildman–Crippen MR) is 59.4 cm³/mol. The molecule has 0 fully saturated rings. The Balaban J connectivity index is 3.24. The maximum atomic E-state index is 13.4. The van der Waals surface area contributed by atoms with Crippen LogP contribution in [0.3, 0.4) is 0 Å². The molecule has 0 aromatic heterocycles. The summed E-state index contributed by atoms with van der Waals surface area (Å²) in [6.07, 6.45) is 0. The van der Waals surface area contributed by atoms with Crippen LogP contribution in [-0.4, -0.2) is 5.60 Å². The van der Waals surface area contributed by atoms with Gasteiger partial charge < -0.3 is 4.74 Å². The van der Waals surface area contributed by atoms with Crippen LogP contribution in [0.5, 0.6) is 5.75 Å². The molecule has 0 atom stereocenters. The summed E-state index contributed by atoms with van der Waals surface area (Å²) in [5, 5.41) is 0. The highest BCUT2D eigenvalue weighted by molar-refractivity contribution is 14.1. The van der Waals surface area contributed by atoms with Gasteiger partial charge in [0.15, 0.2) is 17.4 Å². The largest absolute Gasteiger partial charge is 0.482 e. The van der Waals surface area contributed by atoms with E-state index < -0.39 is 28.8 Å². The number of ether oxygens (including phenoxy) is 1. The molecule has 0 radical (unpaired) electrons. The number of rotatable bonds is 1. The molecule has 0 spiro atoms. The maximum Gasteiger partial charge on any atom is 0.192 e. The Hall–Kier alpha value is -0.460. The zero-order valence-electron chi connectivity index (χ0n) is 8.50. The molecule has 1 rings (SSSR count). The summed E-state index contributed by atoms with van der Waals surface area (Å²) in [5.74, 6) is -3.48. The molecular formula is C10H10F3IO. The van der Waals surface area contributed by atoms with Crippen molar-refractivity contribution in [1.29, 1.82) is 0 Å². The monoisotopic (exact) mass is 330 g/mol. The van der Waals surface area contributed by atoms with Crippen LogP contribution >= 0.6 is 22.6 Å². The molecule has 0 aliphatic rings. The zero-order chi connectivity index (χ0) is 11.8. The van der Waals surface area contributed by atoms with E-state index in [0.29, 0.717) is 6.07 Å². The SMILES string of the molecule is CC(C)(C)Oc1c(F)cc(F)c(I)c1F. The van der Waals surface area contributed by atoms with Crippen LogP contribution in [0.25, 0.3) is 0 Å². The Morgan fingerprint density at radius 2 is 1.67 bits per heavy atom. The van der Waals surface area contributed by atoms with Gasteiger partial charge in [-0.25, -0.2) is 13.2 Å². The van der Waals surface area contributed by atoms with Gasteiger partial charge in [0.05, 0.1) is 3.57 Å². The van der Waals surface area contributed by atoms with Gasteiger partial charge in [-0.2, -0.15) is 0 Å². The van der Waals surface area contributed by atoms with E-state index in [1.54, 1.807) is 20.8 Å². The smallest absolute Gasteiger partial charge is 0.192 e. The summed E-state index contributed by atoms with van der Waals surface area (Å²) >= 11 is 1.47. The van der Waals surface area contributed by atoms with E-state index in [4.69, 9.17) is 4.74 Å². The first-order valence-corrected chi connectivity index (χ1v) is 5.32. The van der Waals surface area contributed by atoms with E-state index in [0.717, 1.165) is 0 Å². The predicted octanol–water partition coefficient (Wildman–Crippen LogP) is 3.89. The van der Waals surface area contributed by atoms with Crippen LogP contribution in [0.15, 0.2) is 6.07 Å². The molecule has 0 N–H and O–H groups in total. The molecule has 5 heteroatoms. The zero-order valence-corrected chi connectivity index (χ0v) is 10.7. The number of halogens is 4. The highest BCUT2D eigenvalue weighted by Gasteiger charge is 2.23. The third kappa shape index (κ3) is 2.99. The molecule has 0 aliphatic carbocycles. The normalized spacial score (nSPS) is 11.7. The third-order valence-corrected chi connectivity index (χ3v) is 2.47. The quantitative estimate of drug-likeness (QED) is 0.431. The molecule has 0 amide bonds. The lowest BCUT2D eigenvalue weighted by Crippen LogP contribution is -2.24. The van der Waals surface area contributed by atoms with Crippen molar-refractivity contribution in [2.24, 2.45) is 0 Å². The summed E-state index contributed by atoms with van der Waals surface area (Å²) in [6.45, 7) is 4.96. The molecule has 1 aromatic carbocycles. The van der Waals surface area contributed by atoms with Gasteiger partial charge in [-0.1, -0.05) is 0 Å². The van der Waals surface area contributed by atoms with Gasteiger partial charge in [0.2, 0.25) is 0 Å². The van der Waals surface area contributed by atoms with Crippen LogP contribution in [0.2, 0.25) is 0 Å². The van der Waals surface area contributed by atoms with E-state index in [9.17, 15) is 13.2 Å². The van der Waals surface area contributed by atoms with Crippen LogP contribution in [0.1, 0.15) is 20.8 Å². The number of hydrogen-bond donors (Lipinski definition) is 0.